The molecule has 0 saturated carbocycles. The minimum Gasteiger partial charge on any atom is -0.456 e. The smallest absolute Gasteiger partial charge is 0.289 e. The Hall–Kier alpha value is -2.15. The number of likely N-dealkylation sites (N-methyl/N-ethyl adjacent to an activating group) is 1. The fraction of sp³-hybridized carbons (Fsp3) is 0.562. The molecule has 1 aromatic heterocycles. The molecule has 2 amide bonds. The summed E-state index contributed by atoms with van der Waals surface area (Å²) in [6, 6.07) is 2.58. The zero-order valence-corrected chi connectivity index (χ0v) is 13.9. The van der Waals surface area contributed by atoms with Crippen molar-refractivity contribution in [3.05, 3.63) is 33.9 Å². The third-order valence-corrected chi connectivity index (χ3v) is 3.83. The van der Waals surface area contributed by atoms with Crippen molar-refractivity contribution in [3.8, 4) is 0 Å². The highest BCUT2D eigenvalue weighted by Gasteiger charge is 2.23. The van der Waals surface area contributed by atoms with Crippen molar-refractivity contribution in [2.75, 3.05) is 46.8 Å². The van der Waals surface area contributed by atoms with Crippen LogP contribution in [0.5, 0.6) is 0 Å². The number of hydrogen-bond acceptors (Lipinski definition) is 5. The van der Waals surface area contributed by atoms with Gasteiger partial charge in [0.2, 0.25) is 5.91 Å². The summed E-state index contributed by atoms with van der Waals surface area (Å²) in [5, 5.41) is 0. The van der Waals surface area contributed by atoms with E-state index in [0.29, 0.717) is 31.9 Å². The van der Waals surface area contributed by atoms with Crippen LogP contribution in [0.15, 0.2) is 21.3 Å². The summed E-state index contributed by atoms with van der Waals surface area (Å²) in [5.41, 5.74) is -0.231. The van der Waals surface area contributed by atoms with E-state index in [2.05, 4.69) is 0 Å². The Morgan fingerprint density at radius 3 is 2.57 bits per heavy atom. The van der Waals surface area contributed by atoms with Gasteiger partial charge in [0.1, 0.15) is 5.76 Å². The first-order valence-electron chi connectivity index (χ1n) is 7.70. The molecule has 1 aliphatic rings. The minimum absolute atomic E-state index is 0.0504. The van der Waals surface area contributed by atoms with Gasteiger partial charge in [-0.25, -0.2) is 0 Å². The molecule has 7 heteroatoms. The summed E-state index contributed by atoms with van der Waals surface area (Å²) in [7, 11) is 3.46. The monoisotopic (exact) mass is 321 g/mol. The lowest BCUT2D eigenvalue weighted by Gasteiger charge is -2.22. The average molecular weight is 321 g/mol. The van der Waals surface area contributed by atoms with Crippen LogP contribution < -0.4 is 5.43 Å². The average Bonchev–Trinajstić information content (AvgIpc) is 2.71. The molecule has 0 spiro atoms. The largest absolute Gasteiger partial charge is 0.456 e. The second-order valence-corrected chi connectivity index (χ2v) is 5.98. The number of aryl methyl sites for hydroxylation is 1. The SMILES string of the molecule is Cc1cc(=O)cc(C(=O)N2CCCN(CC(=O)N(C)C)CC2)o1. The van der Waals surface area contributed by atoms with Gasteiger partial charge in [0, 0.05) is 52.4 Å². The lowest BCUT2D eigenvalue weighted by molar-refractivity contribution is -0.129. The Bertz CT molecular complexity index is 638. The minimum atomic E-state index is -0.272. The summed E-state index contributed by atoms with van der Waals surface area (Å²) in [4.78, 5) is 41.1. The summed E-state index contributed by atoms with van der Waals surface area (Å²) < 4.78 is 5.37. The van der Waals surface area contributed by atoms with Gasteiger partial charge in [-0.3, -0.25) is 19.3 Å². The molecule has 7 nitrogen and oxygen atoms in total. The lowest BCUT2D eigenvalue weighted by atomic mass is 10.3. The molecule has 0 N–H and O–H groups in total. The molecule has 0 aliphatic carbocycles. The molecular weight excluding hydrogens is 298 g/mol. The van der Waals surface area contributed by atoms with Crippen LogP contribution in [0.25, 0.3) is 0 Å². The fourth-order valence-corrected chi connectivity index (χ4v) is 2.53. The van der Waals surface area contributed by atoms with Gasteiger partial charge in [-0.15, -0.1) is 0 Å². The van der Waals surface area contributed by atoms with Crippen LogP contribution in [0.4, 0.5) is 0 Å². The summed E-state index contributed by atoms with van der Waals surface area (Å²) in [6.45, 7) is 4.49. The molecule has 1 saturated heterocycles. The lowest BCUT2D eigenvalue weighted by Crippen LogP contribution is -2.39. The van der Waals surface area contributed by atoms with E-state index >= 15 is 0 Å². The molecule has 0 radical (unpaired) electrons. The second-order valence-electron chi connectivity index (χ2n) is 5.98. The molecule has 2 rings (SSSR count). The molecule has 2 heterocycles. The highest BCUT2D eigenvalue weighted by Crippen LogP contribution is 2.09. The predicted octanol–water partition coefficient (Wildman–Crippen LogP) is 0.184. The van der Waals surface area contributed by atoms with E-state index in [4.69, 9.17) is 4.42 Å². The van der Waals surface area contributed by atoms with E-state index in [1.165, 1.54) is 12.1 Å². The molecule has 1 fully saturated rings. The molecule has 0 atom stereocenters. The fourth-order valence-electron chi connectivity index (χ4n) is 2.53. The van der Waals surface area contributed by atoms with Crippen molar-refractivity contribution in [2.45, 2.75) is 13.3 Å². The van der Waals surface area contributed by atoms with Crippen LogP contribution >= 0.6 is 0 Å². The zero-order chi connectivity index (χ0) is 17.0. The van der Waals surface area contributed by atoms with E-state index in [0.717, 1.165) is 13.0 Å². The highest BCUT2D eigenvalue weighted by molar-refractivity contribution is 5.91. The van der Waals surface area contributed by atoms with Crippen LogP contribution in [0.2, 0.25) is 0 Å². The van der Waals surface area contributed by atoms with Crippen molar-refractivity contribution in [1.29, 1.82) is 0 Å². The van der Waals surface area contributed by atoms with E-state index in [-0.39, 0.29) is 23.0 Å². The Morgan fingerprint density at radius 1 is 1.17 bits per heavy atom. The number of amides is 2. The van der Waals surface area contributed by atoms with Crippen molar-refractivity contribution in [3.63, 3.8) is 0 Å². The molecule has 0 aromatic carbocycles. The first-order valence-corrected chi connectivity index (χ1v) is 7.70. The second kappa shape index (κ2) is 7.41. The maximum Gasteiger partial charge on any atom is 0.289 e. The van der Waals surface area contributed by atoms with Gasteiger partial charge in [-0.05, 0) is 13.3 Å². The van der Waals surface area contributed by atoms with Gasteiger partial charge in [-0.2, -0.15) is 0 Å². The van der Waals surface area contributed by atoms with Crippen molar-refractivity contribution >= 4 is 11.8 Å². The van der Waals surface area contributed by atoms with Gasteiger partial charge >= 0.3 is 0 Å². The molecule has 1 aromatic rings. The third-order valence-electron chi connectivity index (χ3n) is 3.83. The maximum absolute atomic E-state index is 12.5. The Balaban J connectivity index is 2.01. The summed E-state index contributed by atoms with van der Waals surface area (Å²) in [6.07, 6.45) is 0.780. The van der Waals surface area contributed by atoms with Crippen LogP contribution in [-0.4, -0.2) is 73.3 Å². The third kappa shape index (κ3) is 4.66. The maximum atomic E-state index is 12.5. The number of carbonyl (C=O) groups is 2. The molecule has 126 valence electrons. The first kappa shape index (κ1) is 17.2. The van der Waals surface area contributed by atoms with Gasteiger partial charge in [0.05, 0.1) is 6.54 Å². The normalized spacial score (nSPS) is 16.0. The van der Waals surface area contributed by atoms with Crippen LogP contribution in [-0.2, 0) is 4.79 Å². The molecule has 23 heavy (non-hydrogen) atoms. The molecule has 1 aliphatic heterocycles. The highest BCUT2D eigenvalue weighted by atomic mass is 16.3. The zero-order valence-electron chi connectivity index (χ0n) is 13.9. The quantitative estimate of drug-likeness (QED) is 0.794. The standard InChI is InChI=1S/C16H23N3O4/c1-12-9-13(20)10-14(23-12)16(22)19-6-4-5-18(7-8-19)11-15(21)17(2)3/h9-10H,4-8,11H2,1-3H3. The number of rotatable bonds is 3. The Morgan fingerprint density at radius 2 is 1.91 bits per heavy atom. The van der Waals surface area contributed by atoms with Crippen LogP contribution in [0.1, 0.15) is 22.7 Å². The van der Waals surface area contributed by atoms with Crippen LogP contribution in [0.3, 0.4) is 0 Å². The predicted molar refractivity (Wildman–Crippen MR) is 85.4 cm³/mol. The summed E-state index contributed by atoms with van der Waals surface area (Å²) in [5.74, 6) is 0.280. The van der Waals surface area contributed by atoms with E-state index in [1.54, 1.807) is 30.8 Å². The van der Waals surface area contributed by atoms with Gasteiger partial charge in [0.25, 0.3) is 5.91 Å². The Labute approximate surface area is 135 Å². The Kier molecular flexibility index (Phi) is 5.54. The van der Waals surface area contributed by atoms with Gasteiger partial charge in [-0.1, -0.05) is 0 Å². The molecular formula is C16H23N3O4. The van der Waals surface area contributed by atoms with E-state index < -0.39 is 0 Å². The van der Waals surface area contributed by atoms with E-state index in [1.807, 2.05) is 4.90 Å². The summed E-state index contributed by atoms with van der Waals surface area (Å²) >= 11 is 0. The van der Waals surface area contributed by atoms with Crippen molar-refractivity contribution in [2.24, 2.45) is 0 Å². The molecule has 0 bridgehead atoms. The first-order chi connectivity index (χ1) is 10.9. The topological polar surface area (TPSA) is 74.1 Å². The number of nitrogens with zero attached hydrogens (tertiary/aromatic N) is 3. The van der Waals surface area contributed by atoms with E-state index in [9.17, 15) is 14.4 Å². The van der Waals surface area contributed by atoms with Crippen LogP contribution in [0, 0.1) is 6.92 Å². The number of carbonyl (C=O) groups excluding carboxylic acids is 2. The van der Waals surface area contributed by atoms with Crippen molar-refractivity contribution in [1.82, 2.24) is 14.7 Å². The molecule has 0 unspecified atom stereocenters. The van der Waals surface area contributed by atoms with Crippen molar-refractivity contribution < 1.29 is 14.0 Å². The van der Waals surface area contributed by atoms with Gasteiger partial charge < -0.3 is 14.2 Å². The van der Waals surface area contributed by atoms with Gasteiger partial charge in [0.15, 0.2) is 11.2 Å². The number of hydrogen-bond donors (Lipinski definition) is 0.